The summed E-state index contributed by atoms with van der Waals surface area (Å²) in [4.78, 5) is 5.30. The van der Waals surface area contributed by atoms with Gasteiger partial charge in [0.25, 0.3) is 0 Å². The lowest BCUT2D eigenvalue weighted by Crippen LogP contribution is -2.45. The highest BCUT2D eigenvalue weighted by Crippen LogP contribution is 1.97. The molecule has 0 unspecified atom stereocenters. The molecule has 0 heterocycles. The van der Waals surface area contributed by atoms with Gasteiger partial charge in [0.2, 0.25) is 0 Å². The Morgan fingerprint density at radius 1 is 1.38 bits per heavy atom. The van der Waals surface area contributed by atoms with Gasteiger partial charge in [-0.2, -0.15) is 0 Å². The van der Waals surface area contributed by atoms with Crippen molar-refractivity contribution >= 4 is 11.9 Å². The van der Waals surface area contributed by atoms with Gasteiger partial charge in [-0.05, 0) is 6.42 Å². The number of unbranched alkanes of at least 4 members (excludes halogenated alkanes) is 2. The Bertz CT molecular complexity index is 187. The molecule has 0 aliphatic rings. The van der Waals surface area contributed by atoms with E-state index < -0.39 is 0 Å². The van der Waals surface area contributed by atoms with Crippen molar-refractivity contribution in [3.63, 3.8) is 0 Å². The second-order valence-corrected chi connectivity index (χ2v) is 2.83. The van der Waals surface area contributed by atoms with E-state index in [1.165, 1.54) is 4.90 Å². The topological polar surface area (TPSA) is 91.5 Å². The minimum atomic E-state index is -0.0424. The second-order valence-electron chi connectivity index (χ2n) is 2.83. The zero-order valence-corrected chi connectivity index (χ0v) is 8.38. The van der Waals surface area contributed by atoms with Crippen LogP contribution in [0.2, 0.25) is 0 Å². The van der Waals surface area contributed by atoms with Gasteiger partial charge in [-0.25, -0.2) is 0 Å². The van der Waals surface area contributed by atoms with Gasteiger partial charge in [0.05, 0.1) is 0 Å². The molecule has 0 aliphatic carbocycles. The fourth-order valence-electron chi connectivity index (χ4n) is 0.999. The quantitative estimate of drug-likeness (QED) is 0.334. The third-order valence-corrected chi connectivity index (χ3v) is 1.78. The van der Waals surface area contributed by atoms with E-state index in [0.717, 1.165) is 19.3 Å². The first kappa shape index (κ1) is 11.7. The summed E-state index contributed by atoms with van der Waals surface area (Å²) in [6.45, 7) is 2.79. The van der Waals surface area contributed by atoms with Crippen LogP contribution in [0, 0.1) is 5.41 Å². The van der Waals surface area contributed by atoms with E-state index in [-0.39, 0.29) is 5.96 Å². The molecule has 0 bridgehead atoms. The predicted octanol–water partition coefficient (Wildman–Crippen LogP) is 0.317. The molecule has 13 heavy (non-hydrogen) atoms. The summed E-state index contributed by atoms with van der Waals surface area (Å²) in [6.07, 6.45) is 3.22. The van der Waals surface area contributed by atoms with Gasteiger partial charge in [0, 0.05) is 13.6 Å². The Morgan fingerprint density at radius 3 is 2.38 bits per heavy atom. The normalized spacial score (nSPS) is 11.4. The van der Waals surface area contributed by atoms with Crippen molar-refractivity contribution < 1.29 is 0 Å². The molecular formula is C8H19N5. The third-order valence-electron chi connectivity index (χ3n) is 1.78. The first-order valence-electron chi connectivity index (χ1n) is 4.47. The van der Waals surface area contributed by atoms with Crippen LogP contribution >= 0.6 is 0 Å². The number of rotatable bonds is 4. The lowest BCUT2D eigenvalue weighted by molar-refractivity contribution is 0.539. The maximum absolute atomic E-state index is 7.26. The molecule has 0 amide bonds. The minimum Gasteiger partial charge on any atom is -0.370 e. The van der Waals surface area contributed by atoms with Crippen LogP contribution in [0.25, 0.3) is 0 Å². The molecule has 0 aromatic carbocycles. The molecule has 0 saturated heterocycles. The average Bonchev–Trinajstić information content (AvgIpc) is 2.11. The van der Waals surface area contributed by atoms with E-state index in [1.54, 1.807) is 7.05 Å². The van der Waals surface area contributed by atoms with Crippen LogP contribution in [-0.4, -0.2) is 30.4 Å². The molecule has 5 nitrogen and oxygen atoms in total. The van der Waals surface area contributed by atoms with E-state index in [0.29, 0.717) is 12.5 Å². The van der Waals surface area contributed by atoms with E-state index in [1.807, 2.05) is 0 Å². The number of hydrogen-bond acceptors (Lipinski definition) is 2. The van der Waals surface area contributed by atoms with Crippen LogP contribution in [-0.2, 0) is 0 Å². The Labute approximate surface area is 79.3 Å². The molecule has 0 aliphatic heterocycles. The number of guanidine groups is 2. The molecule has 0 radical (unpaired) electrons. The molecule has 5 heteroatoms. The van der Waals surface area contributed by atoms with Crippen LogP contribution in [0.1, 0.15) is 26.2 Å². The van der Waals surface area contributed by atoms with E-state index >= 15 is 0 Å². The summed E-state index contributed by atoms with van der Waals surface area (Å²) >= 11 is 0. The fourth-order valence-corrected chi connectivity index (χ4v) is 0.999. The van der Waals surface area contributed by atoms with Crippen molar-refractivity contribution in [1.29, 1.82) is 5.41 Å². The van der Waals surface area contributed by atoms with Crippen molar-refractivity contribution in [2.75, 3.05) is 13.6 Å². The zero-order chi connectivity index (χ0) is 10.3. The van der Waals surface area contributed by atoms with Crippen LogP contribution in [0.5, 0.6) is 0 Å². The van der Waals surface area contributed by atoms with Crippen LogP contribution < -0.4 is 11.5 Å². The first-order chi connectivity index (χ1) is 6.13. The number of aliphatic imine (C=N–C) groups is 1. The second kappa shape index (κ2) is 6.28. The molecule has 0 fully saturated rings. The van der Waals surface area contributed by atoms with E-state index in [9.17, 15) is 0 Å². The van der Waals surface area contributed by atoms with Gasteiger partial charge in [0.1, 0.15) is 0 Å². The Hall–Kier alpha value is -1.26. The summed E-state index contributed by atoms with van der Waals surface area (Å²) in [6, 6.07) is 0. The van der Waals surface area contributed by atoms with Crippen LogP contribution in [0.3, 0.4) is 0 Å². The fraction of sp³-hybridized carbons (Fsp3) is 0.750. The van der Waals surface area contributed by atoms with E-state index in [4.69, 9.17) is 16.9 Å². The van der Waals surface area contributed by atoms with Gasteiger partial charge < -0.3 is 11.5 Å². The Morgan fingerprint density at radius 2 is 2.00 bits per heavy atom. The van der Waals surface area contributed by atoms with Crippen molar-refractivity contribution in [2.45, 2.75) is 26.2 Å². The molecular weight excluding hydrogens is 166 g/mol. The summed E-state index contributed by atoms with van der Waals surface area (Å²) in [5.41, 5.74) is 10.9. The number of nitrogens with one attached hydrogen (secondary N) is 1. The number of nitrogens with zero attached hydrogens (tertiary/aromatic N) is 2. The molecule has 0 aromatic rings. The molecule has 76 valence electrons. The largest absolute Gasteiger partial charge is 0.370 e. The maximum atomic E-state index is 7.26. The van der Waals surface area contributed by atoms with Crippen LogP contribution in [0.4, 0.5) is 0 Å². The lowest BCUT2D eigenvalue weighted by atomic mass is 10.2. The average molecular weight is 185 g/mol. The van der Waals surface area contributed by atoms with Crippen LogP contribution in [0.15, 0.2) is 4.99 Å². The highest BCUT2D eigenvalue weighted by Gasteiger charge is 2.08. The van der Waals surface area contributed by atoms with E-state index in [2.05, 4.69) is 11.9 Å². The predicted molar refractivity (Wildman–Crippen MR) is 55.7 cm³/mol. The molecule has 0 aromatic heterocycles. The number of nitrogens with two attached hydrogens (primary N) is 2. The lowest BCUT2D eigenvalue weighted by Gasteiger charge is -2.20. The van der Waals surface area contributed by atoms with Crippen molar-refractivity contribution in [1.82, 2.24) is 4.90 Å². The molecule has 0 atom stereocenters. The molecule has 0 spiro atoms. The number of hydrogen-bond donors (Lipinski definition) is 3. The van der Waals surface area contributed by atoms with Gasteiger partial charge in [-0.1, -0.05) is 19.8 Å². The highest BCUT2D eigenvalue weighted by molar-refractivity contribution is 5.95. The zero-order valence-electron chi connectivity index (χ0n) is 8.38. The minimum absolute atomic E-state index is 0.0424. The monoisotopic (exact) mass is 185 g/mol. The highest BCUT2D eigenvalue weighted by atomic mass is 15.3. The molecule has 5 N–H and O–H groups in total. The maximum Gasteiger partial charge on any atom is 0.197 e. The van der Waals surface area contributed by atoms with Crippen molar-refractivity contribution in [2.24, 2.45) is 16.5 Å². The smallest absolute Gasteiger partial charge is 0.197 e. The summed E-state index contributed by atoms with van der Waals surface area (Å²) in [5.74, 6) is 0.266. The van der Waals surface area contributed by atoms with Crippen molar-refractivity contribution in [3.05, 3.63) is 0 Å². The Kier molecular flexibility index (Phi) is 5.67. The third kappa shape index (κ3) is 4.35. The summed E-state index contributed by atoms with van der Waals surface area (Å²) < 4.78 is 0. The first-order valence-corrected chi connectivity index (χ1v) is 4.47. The van der Waals surface area contributed by atoms with Gasteiger partial charge in [-0.3, -0.25) is 15.3 Å². The SMILES string of the molecule is CCCCCN(C(=N)N)C(N)=NC. The molecule has 0 saturated carbocycles. The van der Waals surface area contributed by atoms with Gasteiger partial charge in [-0.15, -0.1) is 0 Å². The summed E-state index contributed by atoms with van der Waals surface area (Å²) in [5, 5.41) is 7.26. The molecule has 0 rings (SSSR count). The standard InChI is InChI=1S/C8H19N5/c1-3-4-5-6-13(7(9)10)8(11)12-2/h3-6H2,1-2H3,(H3,9,10)(H2,11,12). The van der Waals surface area contributed by atoms with Gasteiger partial charge >= 0.3 is 0 Å². The summed E-state index contributed by atoms with van der Waals surface area (Å²) in [7, 11) is 1.59. The van der Waals surface area contributed by atoms with Crippen molar-refractivity contribution in [3.8, 4) is 0 Å². The Balaban J connectivity index is 4.04. The van der Waals surface area contributed by atoms with Gasteiger partial charge in [0.15, 0.2) is 11.9 Å².